The van der Waals surface area contributed by atoms with Crippen molar-refractivity contribution in [2.45, 2.75) is 25.5 Å². The summed E-state index contributed by atoms with van der Waals surface area (Å²) in [6, 6.07) is -0.367. The maximum absolute atomic E-state index is 10.6. The maximum atomic E-state index is 10.6. The van der Waals surface area contributed by atoms with Gasteiger partial charge in [0.25, 0.3) is 0 Å². The van der Waals surface area contributed by atoms with E-state index in [4.69, 9.17) is 14.0 Å². The molecule has 0 bridgehead atoms. The van der Waals surface area contributed by atoms with E-state index >= 15 is 0 Å². The molecular weight excluding hydrogens is 222 g/mol. The maximum Gasteiger partial charge on any atom is 0.333 e. The van der Waals surface area contributed by atoms with Crippen LogP contribution in [0.15, 0.2) is 0 Å². The number of hydrogen-bond acceptors (Lipinski definition) is 4. The molecule has 7 heteroatoms. The molecule has 1 rings (SSSR count). The molecule has 3 atom stereocenters. The van der Waals surface area contributed by atoms with Crippen LogP contribution in [0.2, 0.25) is 0 Å². The monoisotopic (exact) mass is 239 g/mol. The van der Waals surface area contributed by atoms with Gasteiger partial charge in [0.15, 0.2) is 0 Å². The van der Waals surface area contributed by atoms with Gasteiger partial charge in [-0.15, -0.1) is 0 Å². The molecule has 1 aliphatic heterocycles. The SMILES string of the molecule is COCC1C[C@@H](C)C(NS(=O)(=O)O)CO1. The Bertz CT molecular complexity index is 291. The lowest BCUT2D eigenvalue weighted by Gasteiger charge is -2.33. The molecule has 0 radical (unpaired) electrons. The van der Waals surface area contributed by atoms with Crippen molar-refractivity contribution >= 4 is 10.3 Å². The van der Waals surface area contributed by atoms with E-state index in [1.807, 2.05) is 6.92 Å². The summed E-state index contributed by atoms with van der Waals surface area (Å²) < 4.78 is 42.3. The predicted octanol–water partition coefficient (Wildman–Crippen LogP) is -0.181. The third kappa shape index (κ3) is 4.43. The van der Waals surface area contributed by atoms with Crippen LogP contribution in [0.5, 0.6) is 0 Å². The van der Waals surface area contributed by atoms with Crippen molar-refractivity contribution in [3.05, 3.63) is 0 Å². The van der Waals surface area contributed by atoms with Gasteiger partial charge in [0.1, 0.15) is 0 Å². The zero-order valence-electron chi connectivity index (χ0n) is 8.84. The van der Waals surface area contributed by atoms with E-state index in [2.05, 4.69) is 4.72 Å². The van der Waals surface area contributed by atoms with Gasteiger partial charge in [-0.2, -0.15) is 13.1 Å². The summed E-state index contributed by atoms with van der Waals surface area (Å²) in [5, 5.41) is 0. The van der Waals surface area contributed by atoms with Crippen LogP contribution in [-0.2, 0) is 19.8 Å². The molecule has 90 valence electrons. The molecule has 0 amide bonds. The average Bonchev–Trinajstić information content (AvgIpc) is 2.08. The normalized spacial score (nSPS) is 32.9. The molecule has 0 aromatic heterocycles. The molecule has 0 aromatic rings. The second-order valence-corrected chi connectivity index (χ2v) is 5.01. The largest absolute Gasteiger partial charge is 0.382 e. The Morgan fingerprint density at radius 2 is 2.27 bits per heavy atom. The van der Waals surface area contributed by atoms with Gasteiger partial charge < -0.3 is 9.47 Å². The molecule has 0 saturated carbocycles. The van der Waals surface area contributed by atoms with Crippen LogP contribution in [0.1, 0.15) is 13.3 Å². The van der Waals surface area contributed by atoms with Crippen LogP contribution < -0.4 is 4.72 Å². The van der Waals surface area contributed by atoms with Gasteiger partial charge in [0, 0.05) is 13.2 Å². The molecule has 1 fully saturated rings. The summed E-state index contributed by atoms with van der Waals surface area (Å²) in [6.07, 6.45) is 0.713. The van der Waals surface area contributed by atoms with E-state index in [0.29, 0.717) is 13.0 Å². The summed E-state index contributed by atoms with van der Waals surface area (Å²) in [4.78, 5) is 0. The van der Waals surface area contributed by atoms with Crippen LogP contribution in [0.4, 0.5) is 0 Å². The van der Waals surface area contributed by atoms with E-state index in [1.165, 1.54) is 0 Å². The van der Waals surface area contributed by atoms with Crippen LogP contribution in [0.3, 0.4) is 0 Å². The molecule has 1 saturated heterocycles. The van der Waals surface area contributed by atoms with Crippen molar-refractivity contribution in [2.24, 2.45) is 5.92 Å². The quantitative estimate of drug-likeness (QED) is 0.665. The topological polar surface area (TPSA) is 84.9 Å². The highest BCUT2D eigenvalue weighted by Gasteiger charge is 2.30. The second-order valence-electron chi connectivity index (χ2n) is 3.82. The number of ether oxygens (including phenoxy) is 2. The molecule has 1 aliphatic rings. The number of methoxy groups -OCH3 is 1. The number of nitrogens with one attached hydrogen (secondary N) is 1. The Labute approximate surface area is 89.8 Å². The fourth-order valence-corrected chi connectivity index (χ4v) is 2.38. The highest BCUT2D eigenvalue weighted by molar-refractivity contribution is 7.83. The minimum absolute atomic E-state index is 0.00412. The summed E-state index contributed by atoms with van der Waals surface area (Å²) in [6.45, 7) is 2.67. The summed E-state index contributed by atoms with van der Waals surface area (Å²) in [5.41, 5.74) is 0. The average molecular weight is 239 g/mol. The predicted molar refractivity (Wildman–Crippen MR) is 53.9 cm³/mol. The van der Waals surface area contributed by atoms with Gasteiger partial charge >= 0.3 is 10.3 Å². The highest BCUT2D eigenvalue weighted by atomic mass is 32.2. The van der Waals surface area contributed by atoms with Crippen molar-refractivity contribution in [2.75, 3.05) is 20.3 Å². The minimum Gasteiger partial charge on any atom is -0.382 e. The lowest BCUT2D eigenvalue weighted by molar-refractivity contribution is -0.0565. The second kappa shape index (κ2) is 5.22. The van der Waals surface area contributed by atoms with Crippen molar-refractivity contribution in [1.29, 1.82) is 0 Å². The summed E-state index contributed by atoms with van der Waals surface area (Å²) >= 11 is 0. The molecule has 0 aliphatic carbocycles. The van der Waals surface area contributed by atoms with Crippen LogP contribution >= 0.6 is 0 Å². The molecule has 1 heterocycles. The van der Waals surface area contributed by atoms with E-state index in [9.17, 15) is 8.42 Å². The molecule has 2 N–H and O–H groups in total. The van der Waals surface area contributed by atoms with E-state index in [1.54, 1.807) is 7.11 Å². The fraction of sp³-hybridized carbons (Fsp3) is 1.00. The van der Waals surface area contributed by atoms with Crippen molar-refractivity contribution in [1.82, 2.24) is 4.72 Å². The first-order valence-corrected chi connectivity index (χ1v) is 6.21. The van der Waals surface area contributed by atoms with Gasteiger partial charge in [-0.3, -0.25) is 4.55 Å². The van der Waals surface area contributed by atoms with Gasteiger partial charge in [-0.1, -0.05) is 6.92 Å². The van der Waals surface area contributed by atoms with Gasteiger partial charge in [0.2, 0.25) is 0 Å². The Morgan fingerprint density at radius 1 is 1.60 bits per heavy atom. The Hall–Kier alpha value is -0.210. The highest BCUT2D eigenvalue weighted by Crippen LogP contribution is 2.20. The lowest BCUT2D eigenvalue weighted by atomic mass is 9.94. The van der Waals surface area contributed by atoms with Crippen molar-refractivity contribution in [3.63, 3.8) is 0 Å². The summed E-state index contributed by atoms with van der Waals surface area (Å²) in [5.74, 6) is 0.112. The van der Waals surface area contributed by atoms with Gasteiger partial charge in [-0.05, 0) is 12.3 Å². The molecular formula is C8H17NO5S. The lowest BCUT2D eigenvalue weighted by Crippen LogP contribution is -2.48. The van der Waals surface area contributed by atoms with E-state index < -0.39 is 10.3 Å². The smallest absolute Gasteiger partial charge is 0.333 e. The van der Waals surface area contributed by atoms with Crippen molar-refractivity contribution < 1.29 is 22.4 Å². The number of hydrogen-bond donors (Lipinski definition) is 2. The van der Waals surface area contributed by atoms with Gasteiger partial charge in [0.05, 0.1) is 19.3 Å². The molecule has 6 nitrogen and oxygen atoms in total. The zero-order valence-corrected chi connectivity index (χ0v) is 9.66. The van der Waals surface area contributed by atoms with Crippen molar-refractivity contribution in [3.8, 4) is 0 Å². The Kier molecular flexibility index (Phi) is 4.47. The van der Waals surface area contributed by atoms with E-state index in [-0.39, 0.29) is 24.7 Å². The molecule has 0 spiro atoms. The minimum atomic E-state index is -4.15. The number of rotatable bonds is 4. The molecule has 15 heavy (non-hydrogen) atoms. The Balaban J connectivity index is 2.46. The van der Waals surface area contributed by atoms with Gasteiger partial charge in [-0.25, -0.2) is 0 Å². The first-order valence-electron chi connectivity index (χ1n) is 4.77. The first-order chi connectivity index (χ1) is 6.92. The van der Waals surface area contributed by atoms with Crippen LogP contribution in [-0.4, -0.2) is 45.4 Å². The molecule has 0 aromatic carbocycles. The van der Waals surface area contributed by atoms with E-state index in [0.717, 1.165) is 0 Å². The fourth-order valence-electron chi connectivity index (χ4n) is 1.69. The first kappa shape index (κ1) is 12.9. The van der Waals surface area contributed by atoms with Crippen LogP contribution in [0, 0.1) is 5.92 Å². The Morgan fingerprint density at radius 3 is 2.73 bits per heavy atom. The zero-order chi connectivity index (χ0) is 11.5. The third-order valence-electron chi connectivity index (χ3n) is 2.49. The standard InChI is InChI=1S/C8H17NO5S/c1-6-3-7(4-13-2)14-5-8(6)9-15(10,11)12/h6-9H,3-5H2,1-2H3,(H,10,11,12)/t6-,7?,8?/m1/s1. The van der Waals surface area contributed by atoms with Crippen LogP contribution in [0.25, 0.3) is 0 Å². The summed E-state index contributed by atoms with van der Waals surface area (Å²) in [7, 11) is -2.55. The third-order valence-corrected chi connectivity index (χ3v) is 3.09. The molecule has 2 unspecified atom stereocenters.